The smallest absolute Gasteiger partial charge is 0.267 e. The van der Waals surface area contributed by atoms with Gasteiger partial charge in [0.25, 0.3) is 5.91 Å². The number of nitrogens with zero attached hydrogens (tertiary/aromatic N) is 1. The molecule has 0 fully saturated rings. The van der Waals surface area contributed by atoms with Crippen molar-refractivity contribution in [3.8, 4) is 0 Å². The Kier molecular flexibility index (Phi) is 3.83. The Morgan fingerprint density at radius 1 is 1.17 bits per heavy atom. The number of hydrogen-bond donors (Lipinski definition) is 2. The third-order valence-electron chi connectivity index (χ3n) is 2.36. The molecule has 1 heterocycles. The second-order valence-corrected chi connectivity index (χ2v) is 3.62. The summed E-state index contributed by atoms with van der Waals surface area (Å²) in [5.41, 5.74) is 3.25. The monoisotopic (exact) mass is 240 g/mol. The van der Waals surface area contributed by atoms with Gasteiger partial charge in [-0.1, -0.05) is 36.4 Å². The molecule has 18 heavy (non-hydrogen) atoms. The number of carbonyl (C=O) groups excluding carboxylic acids is 1. The maximum absolute atomic E-state index is 10.7. The second-order valence-electron chi connectivity index (χ2n) is 3.62. The van der Waals surface area contributed by atoms with Crippen LogP contribution >= 0.6 is 0 Å². The predicted molar refractivity (Wildman–Crippen MR) is 69.8 cm³/mol. The highest BCUT2D eigenvalue weighted by molar-refractivity contribution is 5.86. The summed E-state index contributed by atoms with van der Waals surface area (Å²) in [5.74, 6) is -0.564. The first-order chi connectivity index (χ1) is 8.79. The van der Waals surface area contributed by atoms with Crippen LogP contribution in [0.4, 0.5) is 0 Å². The molecule has 2 rings (SSSR count). The third-order valence-corrected chi connectivity index (χ3v) is 2.36. The number of benzene rings is 1. The van der Waals surface area contributed by atoms with Crippen LogP contribution in [0, 0.1) is 0 Å². The lowest BCUT2D eigenvalue weighted by molar-refractivity contribution is -0.124. The molecule has 1 aromatic heterocycles. The lowest BCUT2D eigenvalue weighted by atomic mass is 10.2. The van der Waals surface area contributed by atoms with Gasteiger partial charge in [0.05, 0.1) is 11.2 Å². The molecule has 1 amide bonds. The van der Waals surface area contributed by atoms with Crippen molar-refractivity contribution in [2.75, 3.05) is 0 Å². The van der Waals surface area contributed by atoms with Gasteiger partial charge in [-0.3, -0.25) is 10.0 Å². The fourth-order valence-electron chi connectivity index (χ4n) is 1.51. The van der Waals surface area contributed by atoms with Crippen molar-refractivity contribution >= 4 is 22.9 Å². The van der Waals surface area contributed by atoms with Crippen LogP contribution in [-0.4, -0.2) is 16.1 Å². The Hall–Kier alpha value is -2.46. The Morgan fingerprint density at radius 2 is 2.00 bits per heavy atom. The molecule has 0 aliphatic rings. The van der Waals surface area contributed by atoms with E-state index in [9.17, 15) is 4.79 Å². The number of hydroxylamine groups is 1. The zero-order valence-electron chi connectivity index (χ0n) is 9.58. The topological polar surface area (TPSA) is 62.2 Å². The van der Waals surface area contributed by atoms with E-state index in [1.807, 2.05) is 36.4 Å². The van der Waals surface area contributed by atoms with Crippen LogP contribution in [0.5, 0.6) is 0 Å². The van der Waals surface area contributed by atoms with Crippen molar-refractivity contribution in [2.45, 2.75) is 0 Å². The number of para-hydroxylation sites is 1. The molecule has 0 spiro atoms. The van der Waals surface area contributed by atoms with Gasteiger partial charge in [-0.05, 0) is 18.2 Å². The lowest BCUT2D eigenvalue weighted by Gasteiger charge is -1.97. The van der Waals surface area contributed by atoms with Crippen molar-refractivity contribution in [1.82, 2.24) is 10.5 Å². The lowest BCUT2D eigenvalue weighted by Crippen LogP contribution is -2.14. The van der Waals surface area contributed by atoms with E-state index in [1.165, 1.54) is 17.6 Å². The highest BCUT2D eigenvalue weighted by Crippen LogP contribution is 2.12. The summed E-state index contributed by atoms with van der Waals surface area (Å²) in [7, 11) is 0. The van der Waals surface area contributed by atoms with Crippen LogP contribution < -0.4 is 5.48 Å². The number of pyridine rings is 1. The molecule has 2 N–H and O–H groups in total. The first-order valence-corrected chi connectivity index (χ1v) is 5.44. The molecular formula is C14H12N2O2. The van der Waals surface area contributed by atoms with Crippen LogP contribution in [-0.2, 0) is 4.79 Å². The van der Waals surface area contributed by atoms with Gasteiger partial charge >= 0.3 is 0 Å². The van der Waals surface area contributed by atoms with Gasteiger partial charge in [0.1, 0.15) is 0 Å². The molecule has 0 saturated heterocycles. The van der Waals surface area contributed by atoms with Crippen LogP contribution in [0.25, 0.3) is 17.0 Å². The summed E-state index contributed by atoms with van der Waals surface area (Å²) in [6.45, 7) is 0. The van der Waals surface area contributed by atoms with Gasteiger partial charge in [-0.15, -0.1) is 0 Å². The Morgan fingerprint density at radius 3 is 2.83 bits per heavy atom. The number of aromatic nitrogens is 1. The van der Waals surface area contributed by atoms with Crippen molar-refractivity contribution in [1.29, 1.82) is 0 Å². The van der Waals surface area contributed by atoms with E-state index in [-0.39, 0.29) is 0 Å². The Labute approximate surface area is 104 Å². The molecule has 1 aromatic carbocycles. The molecule has 0 radical (unpaired) electrons. The van der Waals surface area contributed by atoms with Crippen LogP contribution in [0.15, 0.2) is 54.6 Å². The van der Waals surface area contributed by atoms with Gasteiger partial charge < -0.3 is 0 Å². The number of carbonyl (C=O) groups is 1. The summed E-state index contributed by atoms with van der Waals surface area (Å²) in [5, 5.41) is 9.37. The molecule has 0 unspecified atom stereocenters. The molecule has 4 heteroatoms. The minimum Gasteiger partial charge on any atom is -0.288 e. The number of fused-ring (bicyclic) bond motifs is 1. The maximum atomic E-state index is 10.7. The van der Waals surface area contributed by atoms with E-state index < -0.39 is 5.91 Å². The van der Waals surface area contributed by atoms with Gasteiger partial charge in [-0.2, -0.15) is 0 Å². The van der Waals surface area contributed by atoms with E-state index in [1.54, 1.807) is 12.2 Å². The first kappa shape index (κ1) is 12.0. The SMILES string of the molecule is O=C(/C=C/C=C/c1ccc2ccccc2n1)NO. The molecule has 90 valence electrons. The summed E-state index contributed by atoms with van der Waals surface area (Å²) in [4.78, 5) is 15.1. The highest BCUT2D eigenvalue weighted by atomic mass is 16.5. The van der Waals surface area contributed by atoms with E-state index in [4.69, 9.17) is 5.21 Å². The third kappa shape index (κ3) is 3.02. The number of hydrogen-bond acceptors (Lipinski definition) is 3. The van der Waals surface area contributed by atoms with Gasteiger partial charge in [0.2, 0.25) is 0 Å². The molecule has 0 aliphatic carbocycles. The maximum Gasteiger partial charge on any atom is 0.267 e. The zero-order valence-corrected chi connectivity index (χ0v) is 9.58. The predicted octanol–water partition coefficient (Wildman–Crippen LogP) is 2.31. The van der Waals surface area contributed by atoms with Gasteiger partial charge in [0, 0.05) is 11.5 Å². The fourth-order valence-corrected chi connectivity index (χ4v) is 1.51. The molecule has 4 nitrogen and oxygen atoms in total. The Bertz CT molecular complexity index is 618. The average Bonchev–Trinajstić information content (AvgIpc) is 2.43. The van der Waals surface area contributed by atoms with Crippen molar-refractivity contribution in [2.24, 2.45) is 0 Å². The quantitative estimate of drug-likeness (QED) is 0.374. The summed E-state index contributed by atoms with van der Waals surface area (Å²) in [6.07, 6.45) is 6.22. The summed E-state index contributed by atoms with van der Waals surface area (Å²) in [6, 6.07) is 11.7. The molecular weight excluding hydrogens is 228 g/mol. The Balaban J connectivity index is 2.14. The fraction of sp³-hybridized carbons (Fsp3) is 0. The standard InChI is InChI=1S/C14H12N2O2/c17-14(16-18)8-4-2-6-12-10-9-11-5-1-3-7-13(11)15-12/h1-10,18H,(H,16,17)/b6-2+,8-4+. The number of rotatable bonds is 3. The number of allylic oxidation sites excluding steroid dienone is 2. The molecule has 0 aliphatic heterocycles. The zero-order chi connectivity index (χ0) is 12.8. The highest BCUT2D eigenvalue weighted by Gasteiger charge is 1.93. The van der Waals surface area contributed by atoms with E-state index >= 15 is 0 Å². The molecule has 0 bridgehead atoms. The number of nitrogens with one attached hydrogen (secondary N) is 1. The average molecular weight is 240 g/mol. The van der Waals surface area contributed by atoms with Crippen molar-refractivity contribution in [3.63, 3.8) is 0 Å². The molecule has 0 saturated carbocycles. The van der Waals surface area contributed by atoms with E-state index in [0.717, 1.165) is 16.6 Å². The minimum atomic E-state index is -0.564. The molecule has 0 atom stereocenters. The van der Waals surface area contributed by atoms with Crippen molar-refractivity contribution in [3.05, 3.63) is 60.3 Å². The van der Waals surface area contributed by atoms with E-state index in [2.05, 4.69) is 4.98 Å². The number of amides is 1. The molecule has 2 aromatic rings. The largest absolute Gasteiger partial charge is 0.288 e. The van der Waals surface area contributed by atoms with Crippen LogP contribution in [0.1, 0.15) is 5.69 Å². The van der Waals surface area contributed by atoms with Crippen molar-refractivity contribution < 1.29 is 10.0 Å². The first-order valence-electron chi connectivity index (χ1n) is 5.44. The normalized spacial score (nSPS) is 11.4. The summed E-state index contributed by atoms with van der Waals surface area (Å²) >= 11 is 0. The van der Waals surface area contributed by atoms with Gasteiger partial charge in [-0.25, -0.2) is 10.5 Å². The summed E-state index contributed by atoms with van der Waals surface area (Å²) < 4.78 is 0. The second kappa shape index (κ2) is 5.75. The van der Waals surface area contributed by atoms with E-state index in [0.29, 0.717) is 0 Å². The minimum absolute atomic E-state index is 0.564. The van der Waals surface area contributed by atoms with Crippen LogP contribution in [0.3, 0.4) is 0 Å². The van der Waals surface area contributed by atoms with Crippen LogP contribution in [0.2, 0.25) is 0 Å². The van der Waals surface area contributed by atoms with Gasteiger partial charge in [0.15, 0.2) is 0 Å².